The van der Waals surface area contributed by atoms with Crippen LogP contribution >= 0.6 is 0 Å². The largest absolute Gasteiger partial charge is 0.353 e. The van der Waals surface area contributed by atoms with E-state index in [2.05, 4.69) is 38.2 Å². The van der Waals surface area contributed by atoms with Gasteiger partial charge in [0.2, 0.25) is 5.91 Å². The lowest BCUT2D eigenvalue weighted by Crippen LogP contribution is -2.22. The first-order chi connectivity index (χ1) is 12.7. The van der Waals surface area contributed by atoms with E-state index >= 15 is 0 Å². The monoisotopic (exact) mass is 363 g/mol. The van der Waals surface area contributed by atoms with Gasteiger partial charge < -0.3 is 5.32 Å². The molecule has 0 bridgehead atoms. The van der Waals surface area contributed by atoms with E-state index in [1.54, 1.807) is 6.08 Å². The minimum Gasteiger partial charge on any atom is -0.353 e. The van der Waals surface area contributed by atoms with E-state index in [4.69, 9.17) is 0 Å². The zero-order valence-corrected chi connectivity index (χ0v) is 17.9. The normalized spacial score (nSPS) is 11.8. The first-order valence-corrected chi connectivity index (χ1v) is 11.3. The van der Waals surface area contributed by atoms with Crippen molar-refractivity contribution in [1.29, 1.82) is 0 Å². The van der Waals surface area contributed by atoms with Crippen molar-refractivity contribution in [3.8, 4) is 0 Å². The van der Waals surface area contributed by atoms with Crippen LogP contribution < -0.4 is 5.32 Å². The van der Waals surface area contributed by atoms with Crippen LogP contribution in [0, 0.1) is 5.92 Å². The molecule has 0 heterocycles. The highest BCUT2D eigenvalue weighted by Gasteiger charge is 1.96. The topological polar surface area (TPSA) is 29.1 Å². The fourth-order valence-electron chi connectivity index (χ4n) is 2.95. The summed E-state index contributed by atoms with van der Waals surface area (Å²) >= 11 is 0. The summed E-state index contributed by atoms with van der Waals surface area (Å²) in [5.74, 6) is 0.783. The summed E-state index contributed by atoms with van der Waals surface area (Å²) in [7, 11) is 0. The van der Waals surface area contributed by atoms with Gasteiger partial charge in [-0.15, -0.1) is 0 Å². The van der Waals surface area contributed by atoms with E-state index in [-0.39, 0.29) is 5.91 Å². The number of allylic oxidation sites excluding steroid dienone is 3. The van der Waals surface area contributed by atoms with Crippen molar-refractivity contribution in [2.45, 2.75) is 111 Å². The Morgan fingerprint density at radius 2 is 1.31 bits per heavy atom. The van der Waals surface area contributed by atoms with Gasteiger partial charge in [-0.1, -0.05) is 77.5 Å². The predicted molar refractivity (Wildman–Crippen MR) is 116 cm³/mol. The van der Waals surface area contributed by atoms with Crippen molar-refractivity contribution in [3.63, 3.8) is 0 Å². The van der Waals surface area contributed by atoms with Crippen LogP contribution in [0.2, 0.25) is 0 Å². The number of hydrogen-bond donors (Lipinski definition) is 1. The molecule has 2 heteroatoms. The quantitative estimate of drug-likeness (QED) is 0.154. The van der Waals surface area contributed by atoms with Crippen LogP contribution in [0.5, 0.6) is 0 Å². The maximum absolute atomic E-state index is 11.6. The summed E-state index contributed by atoms with van der Waals surface area (Å²) in [6, 6.07) is 0. The minimum atomic E-state index is 0.0662. The summed E-state index contributed by atoms with van der Waals surface area (Å²) in [6.07, 6.45) is 26.2. The minimum absolute atomic E-state index is 0.0662. The van der Waals surface area contributed by atoms with Gasteiger partial charge in [0.05, 0.1) is 0 Å². The molecule has 0 aromatic rings. The van der Waals surface area contributed by atoms with Crippen molar-refractivity contribution in [2.24, 2.45) is 5.92 Å². The second-order valence-corrected chi connectivity index (χ2v) is 7.90. The van der Waals surface area contributed by atoms with Crippen LogP contribution in [0.15, 0.2) is 24.3 Å². The Kier molecular flexibility index (Phi) is 19.4. The predicted octanol–water partition coefficient (Wildman–Crippen LogP) is 7.35. The SMILES string of the molecule is CCCCC/C=C\CCCCCCCC/C=C/C(=O)NCCCC(C)C. The maximum atomic E-state index is 11.6. The number of amides is 1. The van der Waals surface area contributed by atoms with Crippen LogP contribution in [0.25, 0.3) is 0 Å². The van der Waals surface area contributed by atoms with Gasteiger partial charge >= 0.3 is 0 Å². The molecular weight excluding hydrogens is 318 g/mol. The summed E-state index contributed by atoms with van der Waals surface area (Å²) < 4.78 is 0. The summed E-state index contributed by atoms with van der Waals surface area (Å²) in [5.41, 5.74) is 0. The van der Waals surface area contributed by atoms with Gasteiger partial charge in [-0.25, -0.2) is 0 Å². The number of nitrogens with one attached hydrogen (secondary N) is 1. The molecule has 0 radical (unpaired) electrons. The molecule has 0 unspecified atom stereocenters. The second kappa shape index (κ2) is 20.3. The van der Waals surface area contributed by atoms with Gasteiger partial charge in [0.25, 0.3) is 0 Å². The van der Waals surface area contributed by atoms with E-state index in [9.17, 15) is 4.79 Å². The molecule has 0 rings (SSSR count). The van der Waals surface area contributed by atoms with Gasteiger partial charge in [-0.2, -0.15) is 0 Å². The van der Waals surface area contributed by atoms with E-state index in [0.717, 1.165) is 25.3 Å². The molecule has 1 N–H and O–H groups in total. The fraction of sp³-hybridized carbons (Fsp3) is 0.792. The third-order valence-corrected chi connectivity index (χ3v) is 4.66. The van der Waals surface area contributed by atoms with Crippen LogP contribution in [-0.4, -0.2) is 12.5 Å². The van der Waals surface area contributed by atoms with E-state index < -0.39 is 0 Å². The lowest BCUT2D eigenvalue weighted by molar-refractivity contribution is -0.116. The summed E-state index contributed by atoms with van der Waals surface area (Å²) in [5, 5.41) is 2.96. The van der Waals surface area contributed by atoms with Gasteiger partial charge in [-0.3, -0.25) is 4.79 Å². The Morgan fingerprint density at radius 1 is 0.769 bits per heavy atom. The van der Waals surface area contributed by atoms with Crippen molar-refractivity contribution < 1.29 is 4.79 Å². The molecule has 0 saturated carbocycles. The highest BCUT2D eigenvalue weighted by molar-refractivity contribution is 5.87. The highest BCUT2D eigenvalue weighted by atomic mass is 16.1. The lowest BCUT2D eigenvalue weighted by atomic mass is 10.1. The van der Waals surface area contributed by atoms with Crippen molar-refractivity contribution in [2.75, 3.05) is 6.54 Å². The third-order valence-electron chi connectivity index (χ3n) is 4.66. The number of unbranched alkanes of at least 4 members (excludes halogenated alkanes) is 10. The molecule has 2 nitrogen and oxygen atoms in total. The standard InChI is InChI=1S/C24H45NO/c1-4-5-6-7-8-9-10-11-12-13-14-15-16-17-18-21-24(26)25-22-19-20-23(2)3/h8-9,18,21,23H,4-7,10-17,19-20,22H2,1-3H3,(H,25,26)/b9-8-,21-18+. The Morgan fingerprint density at radius 3 is 1.88 bits per heavy atom. The Hall–Kier alpha value is -1.05. The number of carbonyl (C=O) groups excluding carboxylic acids is 1. The molecular formula is C24H45NO. The Labute approximate surface area is 163 Å². The third kappa shape index (κ3) is 21.0. The molecule has 0 aliphatic carbocycles. The molecule has 152 valence electrons. The van der Waals surface area contributed by atoms with Crippen molar-refractivity contribution >= 4 is 5.91 Å². The summed E-state index contributed by atoms with van der Waals surface area (Å²) in [4.78, 5) is 11.6. The molecule has 0 aliphatic heterocycles. The first-order valence-electron chi connectivity index (χ1n) is 11.3. The lowest BCUT2D eigenvalue weighted by Gasteiger charge is -2.04. The first kappa shape index (κ1) is 24.9. The molecule has 0 aliphatic rings. The molecule has 0 aromatic carbocycles. The van der Waals surface area contributed by atoms with Crippen LogP contribution in [-0.2, 0) is 4.79 Å². The van der Waals surface area contributed by atoms with Gasteiger partial charge in [0, 0.05) is 6.54 Å². The Bertz CT molecular complexity index is 357. The fourth-order valence-corrected chi connectivity index (χ4v) is 2.95. The molecule has 0 spiro atoms. The van der Waals surface area contributed by atoms with Crippen molar-refractivity contribution in [1.82, 2.24) is 5.32 Å². The zero-order valence-electron chi connectivity index (χ0n) is 17.9. The molecule has 26 heavy (non-hydrogen) atoms. The van der Waals surface area contributed by atoms with E-state index in [1.165, 1.54) is 77.0 Å². The molecule has 1 amide bonds. The van der Waals surface area contributed by atoms with Gasteiger partial charge in [-0.05, 0) is 63.4 Å². The Balaban J connectivity index is 3.28. The van der Waals surface area contributed by atoms with Gasteiger partial charge in [0.15, 0.2) is 0 Å². The second-order valence-electron chi connectivity index (χ2n) is 7.90. The van der Waals surface area contributed by atoms with E-state index in [1.807, 2.05) is 6.08 Å². The van der Waals surface area contributed by atoms with Crippen LogP contribution in [0.1, 0.15) is 111 Å². The summed E-state index contributed by atoms with van der Waals surface area (Å²) in [6.45, 7) is 7.49. The smallest absolute Gasteiger partial charge is 0.243 e. The maximum Gasteiger partial charge on any atom is 0.243 e. The molecule has 0 atom stereocenters. The van der Waals surface area contributed by atoms with Gasteiger partial charge in [0.1, 0.15) is 0 Å². The zero-order chi connectivity index (χ0) is 19.3. The van der Waals surface area contributed by atoms with Crippen LogP contribution in [0.4, 0.5) is 0 Å². The van der Waals surface area contributed by atoms with E-state index in [0.29, 0.717) is 0 Å². The molecule has 0 saturated heterocycles. The molecule has 0 fully saturated rings. The highest BCUT2D eigenvalue weighted by Crippen LogP contribution is 2.10. The average molecular weight is 364 g/mol. The number of rotatable bonds is 18. The van der Waals surface area contributed by atoms with Crippen molar-refractivity contribution in [3.05, 3.63) is 24.3 Å². The average Bonchev–Trinajstić information content (AvgIpc) is 2.62. The molecule has 0 aromatic heterocycles. The number of hydrogen-bond acceptors (Lipinski definition) is 1. The number of carbonyl (C=O) groups is 1. The van der Waals surface area contributed by atoms with Crippen LogP contribution in [0.3, 0.4) is 0 Å².